The molecule has 0 unspecified atom stereocenters. The molecule has 20 heavy (non-hydrogen) atoms. The number of nitrogens with two attached hydrogens (primary N) is 1. The molecule has 0 amide bonds. The van der Waals surface area contributed by atoms with Crippen molar-refractivity contribution in [2.75, 3.05) is 11.4 Å². The van der Waals surface area contributed by atoms with Crippen LogP contribution >= 0.6 is 0 Å². The molecule has 1 atom stereocenters. The summed E-state index contributed by atoms with van der Waals surface area (Å²) in [4.78, 5) is 2.42. The van der Waals surface area contributed by atoms with E-state index in [0.29, 0.717) is 0 Å². The van der Waals surface area contributed by atoms with E-state index >= 15 is 0 Å². The molecule has 3 rings (SSSR count). The lowest BCUT2D eigenvalue weighted by Gasteiger charge is -2.32. The van der Waals surface area contributed by atoms with Crippen LogP contribution in [0.4, 0.5) is 11.4 Å². The largest absolute Gasteiger partial charge is 0.341 e. The molecule has 0 aliphatic carbocycles. The zero-order chi connectivity index (χ0) is 14.1. The minimum atomic E-state index is 0.0975. The van der Waals surface area contributed by atoms with Gasteiger partial charge < -0.3 is 10.6 Å². The topological polar surface area (TPSA) is 29.3 Å². The standard InChI is InChI=1S/C18H22N2/c1-13-5-10-18-16(12-13)4-3-11-20(18)17-8-6-15(7-9-17)14(2)19/h5-10,12,14H,3-4,11,19H2,1-2H3/t14-/m1/s1. The summed E-state index contributed by atoms with van der Waals surface area (Å²) in [5.74, 6) is 0. The number of fused-ring (bicyclic) bond motifs is 1. The molecular weight excluding hydrogens is 244 g/mol. The summed E-state index contributed by atoms with van der Waals surface area (Å²) in [6.07, 6.45) is 2.40. The van der Waals surface area contributed by atoms with Crippen LogP contribution in [0, 0.1) is 6.92 Å². The minimum absolute atomic E-state index is 0.0975. The third kappa shape index (κ3) is 2.44. The van der Waals surface area contributed by atoms with Crippen molar-refractivity contribution in [3.63, 3.8) is 0 Å². The maximum absolute atomic E-state index is 5.92. The van der Waals surface area contributed by atoms with Crippen LogP contribution in [-0.4, -0.2) is 6.54 Å². The van der Waals surface area contributed by atoms with Gasteiger partial charge in [0.2, 0.25) is 0 Å². The van der Waals surface area contributed by atoms with Gasteiger partial charge in [-0.3, -0.25) is 0 Å². The van der Waals surface area contributed by atoms with E-state index in [1.807, 2.05) is 6.92 Å². The van der Waals surface area contributed by atoms with E-state index in [9.17, 15) is 0 Å². The maximum Gasteiger partial charge on any atom is 0.0443 e. The molecule has 1 heterocycles. The summed E-state index contributed by atoms with van der Waals surface area (Å²) in [6, 6.07) is 15.5. The summed E-state index contributed by atoms with van der Waals surface area (Å²) in [5.41, 5.74) is 12.5. The van der Waals surface area contributed by atoms with Crippen LogP contribution in [0.2, 0.25) is 0 Å². The third-order valence-electron chi connectivity index (χ3n) is 4.08. The summed E-state index contributed by atoms with van der Waals surface area (Å²) in [5, 5.41) is 0. The van der Waals surface area contributed by atoms with Crippen molar-refractivity contribution < 1.29 is 0 Å². The summed E-state index contributed by atoms with van der Waals surface area (Å²) >= 11 is 0. The Balaban J connectivity index is 1.96. The van der Waals surface area contributed by atoms with Gasteiger partial charge in [-0.05, 0) is 56.0 Å². The van der Waals surface area contributed by atoms with Gasteiger partial charge in [-0.25, -0.2) is 0 Å². The van der Waals surface area contributed by atoms with Gasteiger partial charge in [0.05, 0.1) is 0 Å². The first-order chi connectivity index (χ1) is 9.65. The molecule has 0 aromatic heterocycles. The molecule has 104 valence electrons. The molecule has 0 saturated carbocycles. The molecule has 2 aromatic carbocycles. The number of hydrogen-bond donors (Lipinski definition) is 1. The fourth-order valence-electron chi connectivity index (χ4n) is 2.95. The molecule has 0 radical (unpaired) electrons. The second kappa shape index (κ2) is 5.29. The van der Waals surface area contributed by atoms with Crippen LogP contribution in [0.3, 0.4) is 0 Å². The van der Waals surface area contributed by atoms with E-state index in [4.69, 9.17) is 5.73 Å². The van der Waals surface area contributed by atoms with Crippen LogP contribution in [0.15, 0.2) is 42.5 Å². The maximum atomic E-state index is 5.92. The van der Waals surface area contributed by atoms with E-state index in [1.54, 1.807) is 0 Å². The van der Waals surface area contributed by atoms with Crippen LogP contribution in [-0.2, 0) is 6.42 Å². The lowest BCUT2D eigenvalue weighted by atomic mass is 9.98. The monoisotopic (exact) mass is 266 g/mol. The summed E-state index contributed by atoms with van der Waals surface area (Å²) in [7, 11) is 0. The van der Waals surface area contributed by atoms with Gasteiger partial charge in [0, 0.05) is 24.0 Å². The average molecular weight is 266 g/mol. The lowest BCUT2D eigenvalue weighted by Crippen LogP contribution is -2.24. The third-order valence-corrected chi connectivity index (χ3v) is 4.08. The zero-order valence-corrected chi connectivity index (χ0v) is 12.3. The van der Waals surface area contributed by atoms with Crippen LogP contribution < -0.4 is 10.6 Å². The predicted octanol–water partition coefficient (Wildman–Crippen LogP) is 4.10. The van der Waals surface area contributed by atoms with Gasteiger partial charge in [-0.2, -0.15) is 0 Å². The first-order valence-corrected chi connectivity index (χ1v) is 7.38. The summed E-state index contributed by atoms with van der Waals surface area (Å²) in [6.45, 7) is 5.28. The Morgan fingerprint density at radius 2 is 1.85 bits per heavy atom. The van der Waals surface area contributed by atoms with Crippen molar-refractivity contribution in [3.05, 3.63) is 59.2 Å². The van der Waals surface area contributed by atoms with E-state index in [-0.39, 0.29) is 6.04 Å². The van der Waals surface area contributed by atoms with Crippen molar-refractivity contribution in [3.8, 4) is 0 Å². The number of rotatable bonds is 2. The first-order valence-electron chi connectivity index (χ1n) is 7.38. The van der Waals surface area contributed by atoms with Gasteiger partial charge >= 0.3 is 0 Å². The summed E-state index contributed by atoms with van der Waals surface area (Å²) < 4.78 is 0. The Bertz CT molecular complexity index is 599. The van der Waals surface area contributed by atoms with Crippen molar-refractivity contribution in [2.45, 2.75) is 32.7 Å². The highest BCUT2D eigenvalue weighted by atomic mass is 15.1. The van der Waals surface area contributed by atoms with Gasteiger partial charge in [-0.15, -0.1) is 0 Å². The number of benzene rings is 2. The second-order valence-corrected chi connectivity index (χ2v) is 5.77. The van der Waals surface area contributed by atoms with Gasteiger partial charge in [0.25, 0.3) is 0 Å². The smallest absolute Gasteiger partial charge is 0.0443 e. The number of nitrogens with zero attached hydrogens (tertiary/aromatic N) is 1. The van der Waals surface area contributed by atoms with Crippen LogP contribution in [0.5, 0.6) is 0 Å². The minimum Gasteiger partial charge on any atom is -0.341 e. The second-order valence-electron chi connectivity index (χ2n) is 5.77. The molecule has 2 heteroatoms. The van der Waals surface area contributed by atoms with Crippen molar-refractivity contribution in [1.29, 1.82) is 0 Å². The Kier molecular flexibility index (Phi) is 3.49. The van der Waals surface area contributed by atoms with Crippen LogP contribution in [0.1, 0.15) is 36.1 Å². The molecule has 1 aliphatic heterocycles. The molecule has 2 nitrogen and oxygen atoms in total. The zero-order valence-electron chi connectivity index (χ0n) is 12.3. The van der Waals surface area contributed by atoms with Crippen LogP contribution in [0.25, 0.3) is 0 Å². The fourth-order valence-corrected chi connectivity index (χ4v) is 2.95. The number of aryl methyl sites for hydroxylation is 2. The number of hydrogen-bond acceptors (Lipinski definition) is 2. The predicted molar refractivity (Wildman–Crippen MR) is 85.6 cm³/mol. The van der Waals surface area contributed by atoms with Crippen molar-refractivity contribution >= 4 is 11.4 Å². The Morgan fingerprint density at radius 3 is 2.55 bits per heavy atom. The molecule has 1 aliphatic rings. The van der Waals surface area contributed by atoms with Gasteiger partial charge in [0.1, 0.15) is 0 Å². The highest BCUT2D eigenvalue weighted by molar-refractivity contribution is 5.68. The first kappa shape index (κ1) is 13.2. The molecule has 0 saturated heterocycles. The van der Waals surface area contributed by atoms with E-state index in [1.165, 1.54) is 40.9 Å². The Hall–Kier alpha value is -1.80. The SMILES string of the molecule is Cc1ccc2c(c1)CCCN2c1ccc([C@@H](C)N)cc1. The Morgan fingerprint density at radius 1 is 1.10 bits per heavy atom. The normalized spacial score (nSPS) is 15.8. The molecular formula is C18H22N2. The van der Waals surface area contributed by atoms with E-state index in [2.05, 4.69) is 54.3 Å². The quantitative estimate of drug-likeness (QED) is 0.886. The highest BCUT2D eigenvalue weighted by Crippen LogP contribution is 2.34. The molecule has 2 aromatic rings. The molecule has 0 fully saturated rings. The molecule has 0 spiro atoms. The number of anilines is 2. The van der Waals surface area contributed by atoms with E-state index < -0.39 is 0 Å². The fraction of sp³-hybridized carbons (Fsp3) is 0.333. The molecule has 0 bridgehead atoms. The highest BCUT2D eigenvalue weighted by Gasteiger charge is 2.18. The lowest BCUT2D eigenvalue weighted by molar-refractivity contribution is 0.765. The van der Waals surface area contributed by atoms with E-state index in [0.717, 1.165) is 6.54 Å². The average Bonchev–Trinajstić information content (AvgIpc) is 2.46. The Labute approximate surface area is 121 Å². The van der Waals surface area contributed by atoms with Crippen molar-refractivity contribution in [2.24, 2.45) is 5.73 Å². The van der Waals surface area contributed by atoms with Crippen molar-refractivity contribution in [1.82, 2.24) is 0 Å². The molecule has 2 N–H and O–H groups in total. The van der Waals surface area contributed by atoms with Gasteiger partial charge in [0.15, 0.2) is 0 Å². The van der Waals surface area contributed by atoms with Gasteiger partial charge in [-0.1, -0.05) is 29.8 Å².